The summed E-state index contributed by atoms with van der Waals surface area (Å²) in [5.41, 5.74) is 17.2. The number of benzene rings is 2. The molecule has 0 atom stereocenters. The number of unbranched alkanes of at least 4 members (excludes halogenated alkanes) is 1. The van der Waals surface area contributed by atoms with E-state index in [4.69, 9.17) is 21.4 Å². The van der Waals surface area contributed by atoms with Crippen molar-refractivity contribution in [1.29, 1.82) is 0 Å². The second kappa shape index (κ2) is 14.6. The number of fused-ring (bicyclic) bond motifs is 2. The zero-order valence-electron chi connectivity index (χ0n) is 31.6. The number of carbonyl (C=O) groups excluding carboxylic acids is 4. The van der Waals surface area contributed by atoms with E-state index in [2.05, 4.69) is 20.8 Å². The van der Waals surface area contributed by atoms with E-state index in [1.807, 2.05) is 57.6 Å². The number of nitrogens with one attached hydrogen (secondary N) is 2. The minimum Gasteiger partial charge on any atom is -0.366 e. The van der Waals surface area contributed by atoms with Gasteiger partial charge in [0.2, 0.25) is 23.7 Å². The predicted molar refractivity (Wildman–Crippen MR) is 206 cm³/mol. The standard InChI is InChI=1S/C38H46N12O4/c1-8-49-29(16-21(3)45-49)34(53)43-36-41-26-19-23(32(39)51)12-13-28(26)47(36)14-10-11-15-48-31-25(38(5,6)7)18-24(33(40)52)20-27(31)42-37(48)44-35(54)30-17-22(4)46-50(30)9-2/h12-13,16-20H,8-11,14-15H2,1-7H3,(H2,39,51)(H2,40,52)(H,41,43,53)(H,42,44,54). The van der Waals surface area contributed by atoms with Crippen LogP contribution in [-0.2, 0) is 31.6 Å². The van der Waals surface area contributed by atoms with Crippen molar-refractivity contribution in [2.75, 3.05) is 10.6 Å². The second-order valence-electron chi connectivity index (χ2n) is 14.3. The van der Waals surface area contributed by atoms with E-state index in [0.29, 0.717) is 90.0 Å². The van der Waals surface area contributed by atoms with Gasteiger partial charge >= 0.3 is 0 Å². The molecule has 282 valence electrons. The molecule has 16 heteroatoms. The number of anilines is 2. The Morgan fingerprint density at radius 1 is 0.685 bits per heavy atom. The van der Waals surface area contributed by atoms with Gasteiger partial charge in [-0.25, -0.2) is 9.97 Å². The lowest BCUT2D eigenvalue weighted by molar-refractivity contribution is 0.0992. The zero-order chi connectivity index (χ0) is 39.1. The maximum Gasteiger partial charge on any atom is 0.276 e. The number of hydrogen-bond acceptors (Lipinski definition) is 8. The summed E-state index contributed by atoms with van der Waals surface area (Å²) >= 11 is 0. The largest absolute Gasteiger partial charge is 0.366 e. The Labute approximate surface area is 311 Å². The summed E-state index contributed by atoms with van der Waals surface area (Å²) in [6, 6.07) is 11.9. The first-order valence-corrected chi connectivity index (χ1v) is 18.0. The molecule has 16 nitrogen and oxygen atoms in total. The van der Waals surface area contributed by atoms with E-state index in [1.165, 1.54) is 0 Å². The third kappa shape index (κ3) is 7.31. The van der Waals surface area contributed by atoms with Crippen molar-refractivity contribution < 1.29 is 19.2 Å². The lowest BCUT2D eigenvalue weighted by Crippen LogP contribution is -2.21. The Kier molecular flexibility index (Phi) is 10.1. The predicted octanol–water partition coefficient (Wildman–Crippen LogP) is 4.92. The number of hydrogen-bond donors (Lipinski definition) is 4. The third-order valence-electron chi connectivity index (χ3n) is 9.30. The number of aryl methyl sites for hydroxylation is 6. The van der Waals surface area contributed by atoms with Crippen LogP contribution in [0.4, 0.5) is 11.9 Å². The summed E-state index contributed by atoms with van der Waals surface area (Å²) in [7, 11) is 0. The topological polar surface area (TPSA) is 216 Å². The molecule has 4 amide bonds. The van der Waals surface area contributed by atoms with Gasteiger partial charge < -0.3 is 20.6 Å². The highest BCUT2D eigenvalue weighted by Crippen LogP contribution is 2.34. The van der Waals surface area contributed by atoms with Crippen molar-refractivity contribution in [3.63, 3.8) is 0 Å². The van der Waals surface area contributed by atoms with Crippen LogP contribution in [0, 0.1) is 13.8 Å². The summed E-state index contributed by atoms with van der Waals surface area (Å²) in [6.07, 6.45) is 1.24. The van der Waals surface area contributed by atoms with Gasteiger partial charge in [-0.3, -0.25) is 39.2 Å². The zero-order valence-corrected chi connectivity index (χ0v) is 31.6. The Morgan fingerprint density at radius 2 is 1.19 bits per heavy atom. The number of nitrogens with zero attached hydrogens (tertiary/aromatic N) is 8. The molecule has 0 saturated carbocycles. The molecule has 0 aliphatic heterocycles. The van der Waals surface area contributed by atoms with Gasteiger partial charge in [-0.15, -0.1) is 0 Å². The average Bonchev–Trinajstić information content (AvgIpc) is 3.87. The summed E-state index contributed by atoms with van der Waals surface area (Å²) in [4.78, 5) is 61.0. The molecule has 6 N–H and O–H groups in total. The van der Waals surface area contributed by atoms with E-state index in [9.17, 15) is 19.2 Å². The van der Waals surface area contributed by atoms with Crippen LogP contribution < -0.4 is 22.1 Å². The van der Waals surface area contributed by atoms with Crippen molar-refractivity contribution in [3.05, 3.63) is 81.9 Å². The lowest BCUT2D eigenvalue weighted by atomic mass is 9.85. The van der Waals surface area contributed by atoms with E-state index in [-0.39, 0.29) is 11.8 Å². The molecule has 0 fully saturated rings. The minimum absolute atomic E-state index is 0.303. The Balaban J connectivity index is 1.34. The van der Waals surface area contributed by atoms with Crippen LogP contribution in [0.15, 0.2) is 42.5 Å². The quantitative estimate of drug-likeness (QED) is 0.119. The van der Waals surface area contributed by atoms with Crippen molar-refractivity contribution in [2.24, 2.45) is 11.5 Å². The van der Waals surface area contributed by atoms with Crippen LogP contribution in [0.5, 0.6) is 0 Å². The molecule has 2 aromatic carbocycles. The highest BCUT2D eigenvalue weighted by atomic mass is 16.2. The molecule has 6 aromatic rings. The van der Waals surface area contributed by atoms with Gasteiger partial charge in [-0.05, 0) is 94.0 Å². The van der Waals surface area contributed by atoms with Crippen molar-refractivity contribution in [3.8, 4) is 0 Å². The lowest BCUT2D eigenvalue weighted by Gasteiger charge is -2.22. The summed E-state index contributed by atoms with van der Waals surface area (Å²) in [5.74, 6) is -1.23. The van der Waals surface area contributed by atoms with Crippen LogP contribution in [0.2, 0.25) is 0 Å². The second-order valence-corrected chi connectivity index (χ2v) is 14.3. The van der Waals surface area contributed by atoms with Gasteiger partial charge in [-0.1, -0.05) is 20.8 Å². The van der Waals surface area contributed by atoms with Crippen molar-refractivity contribution >= 4 is 57.6 Å². The van der Waals surface area contributed by atoms with E-state index >= 15 is 0 Å². The first kappa shape index (κ1) is 37.4. The van der Waals surface area contributed by atoms with Gasteiger partial charge in [0.05, 0.1) is 33.5 Å². The smallest absolute Gasteiger partial charge is 0.276 e. The summed E-state index contributed by atoms with van der Waals surface area (Å²) in [5, 5.41) is 14.8. The summed E-state index contributed by atoms with van der Waals surface area (Å²) in [6.45, 7) is 15.5. The molecule has 0 aliphatic rings. The molecule has 0 unspecified atom stereocenters. The Bertz CT molecular complexity index is 2440. The van der Waals surface area contributed by atoms with E-state index < -0.39 is 17.2 Å². The van der Waals surface area contributed by atoms with Gasteiger partial charge in [0.15, 0.2) is 0 Å². The van der Waals surface area contributed by atoms with Gasteiger partial charge in [0, 0.05) is 37.3 Å². The minimum atomic E-state index is -0.582. The van der Waals surface area contributed by atoms with Crippen molar-refractivity contribution in [1.82, 2.24) is 38.7 Å². The maximum atomic E-state index is 13.7. The molecule has 54 heavy (non-hydrogen) atoms. The van der Waals surface area contributed by atoms with Gasteiger partial charge in [0.1, 0.15) is 11.4 Å². The molecule has 0 saturated heterocycles. The first-order valence-electron chi connectivity index (χ1n) is 18.0. The molecule has 4 aromatic heterocycles. The van der Waals surface area contributed by atoms with E-state index in [1.54, 1.807) is 51.8 Å². The fourth-order valence-electron chi connectivity index (χ4n) is 6.71. The molecule has 6 rings (SSSR count). The molecule has 0 radical (unpaired) electrons. The van der Waals surface area contributed by atoms with E-state index in [0.717, 1.165) is 22.5 Å². The highest BCUT2D eigenvalue weighted by Gasteiger charge is 2.26. The van der Waals surface area contributed by atoms with Gasteiger partial charge in [0.25, 0.3) is 11.8 Å². The Hall–Kier alpha value is -6.32. The molecular weight excluding hydrogens is 688 g/mol. The number of carbonyl (C=O) groups is 4. The Morgan fingerprint density at radius 3 is 1.70 bits per heavy atom. The SMILES string of the molecule is CCn1nc(C)cc1C(=O)Nc1nc2cc(C(N)=O)ccc2n1CCCCn1c(NC(=O)c2cc(C)nn2CC)nc2cc(C(N)=O)cc(C(C)(C)C)c21. The number of primary amides is 2. The number of amides is 4. The van der Waals surface area contributed by atoms with Crippen LogP contribution in [0.3, 0.4) is 0 Å². The normalized spacial score (nSPS) is 11.8. The molecule has 0 bridgehead atoms. The number of imidazole rings is 2. The molecule has 0 aliphatic carbocycles. The van der Waals surface area contributed by atoms with Gasteiger partial charge in [-0.2, -0.15) is 10.2 Å². The van der Waals surface area contributed by atoms with Crippen molar-refractivity contribution in [2.45, 2.75) is 92.9 Å². The average molecular weight is 735 g/mol. The van der Waals surface area contributed by atoms with Crippen LogP contribution in [0.1, 0.15) is 106 Å². The number of nitrogens with two attached hydrogens (primary N) is 2. The summed E-state index contributed by atoms with van der Waals surface area (Å²) < 4.78 is 7.14. The molecule has 4 heterocycles. The van der Waals surface area contributed by atoms with Crippen LogP contribution in [0.25, 0.3) is 22.1 Å². The highest BCUT2D eigenvalue weighted by molar-refractivity contribution is 6.05. The number of rotatable bonds is 13. The fourth-order valence-corrected chi connectivity index (χ4v) is 6.71. The fraction of sp³-hybridized carbons (Fsp3) is 0.368. The monoisotopic (exact) mass is 734 g/mol. The molecule has 0 spiro atoms. The van der Waals surface area contributed by atoms with Crippen LogP contribution >= 0.6 is 0 Å². The third-order valence-corrected chi connectivity index (χ3v) is 9.30. The first-order chi connectivity index (χ1) is 25.6. The maximum absolute atomic E-state index is 13.7. The number of aromatic nitrogens is 8. The van der Waals surface area contributed by atoms with Crippen LogP contribution in [-0.4, -0.2) is 62.3 Å². The molecular formula is C38H46N12O4.